The molecule has 2 aromatic rings. The quantitative estimate of drug-likeness (QED) is 0.906. The van der Waals surface area contributed by atoms with Gasteiger partial charge in [0.05, 0.1) is 0 Å². The predicted molar refractivity (Wildman–Crippen MR) is 75.0 cm³/mol. The molecule has 2 nitrogen and oxygen atoms in total. The highest BCUT2D eigenvalue weighted by atomic mass is 19.1. The van der Waals surface area contributed by atoms with E-state index in [0.717, 1.165) is 17.5 Å². The Bertz CT molecular complexity index is 566. The first-order valence-corrected chi connectivity index (χ1v) is 6.33. The zero-order valence-corrected chi connectivity index (χ0v) is 11.2. The van der Waals surface area contributed by atoms with Crippen LogP contribution in [0.2, 0.25) is 0 Å². The van der Waals surface area contributed by atoms with Crippen LogP contribution in [-0.2, 0) is 6.42 Å². The first-order chi connectivity index (χ1) is 9.04. The molecule has 0 saturated heterocycles. The molecule has 2 rings (SSSR count). The standard InChI is InChI=1S/C16H18FNO/c1-11-6-7-14(17)10-16(11)19-15-5-3-4-13(9-15)8-12(2)18/h3-7,9-10,12H,8,18H2,1-2H3. The second kappa shape index (κ2) is 5.85. The third kappa shape index (κ3) is 3.80. The molecule has 0 aliphatic heterocycles. The van der Waals surface area contributed by atoms with Crippen LogP contribution in [0.5, 0.6) is 11.5 Å². The van der Waals surface area contributed by atoms with Crippen molar-refractivity contribution < 1.29 is 9.13 Å². The lowest BCUT2D eigenvalue weighted by atomic mass is 10.1. The molecule has 0 radical (unpaired) electrons. The number of nitrogens with two attached hydrogens (primary N) is 1. The van der Waals surface area contributed by atoms with Crippen molar-refractivity contribution in [3.8, 4) is 11.5 Å². The number of aryl methyl sites for hydroxylation is 1. The Morgan fingerprint density at radius 1 is 1.21 bits per heavy atom. The Hall–Kier alpha value is -1.87. The van der Waals surface area contributed by atoms with Crippen molar-refractivity contribution in [2.24, 2.45) is 5.73 Å². The normalized spacial score (nSPS) is 12.2. The van der Waals surface area contributed by atoms with Crippen LogP contribution in [0.15, 0.2) is 42.5 Å². The van der Waals surface area contributed by atoms with Gasteiger partial charge in [0.15, 0.2) is 0 Å². The number of benzene rings is 2. The molecule has 0 amide bonds. The maximum atomic E-state index is 13.2. The largest absolute Gasteiger partial charge is 0.457 e. The molecule has 19 heavy (non-hydrogen) atoms. The minimum Gasteiger partial charge on any atom is -0.457 e. The molecule has 1 unspecified atom stereocenters. The summed E-state index contributed by atoms with van der Waals surface area (Å²) in [5.74, 6) is 0.942. The zero-order valence-electron chi connectivity index (χ0n) is 11.2. The zero-order chi connectivity index (χ0) is 13.8. The minimum absolute atomic E-state index is 0.103. The molecule has 0 aliphatic carbocycles. The molecule has 0 aliphatic rings. The summed E-state index contributed by atoms with van der Waals surface area (Å²) in [6, 6.07) is 12.4. The van der Waals surface area contributed by atoms with Crippen molar-refractivity contribution in [2.75, 3.05) is 0 Å². The van der Waals surface area contributed by atoms with E-state index in [2.05, 4.69) is 0 Å². The van der Waals surface area contributed by atoms with Gasteiger partial charge < -0.3 is 10.5 Å². The van der Waals surface area contributed by atoms with Crippen LogP contribution in [0.1, 0.15) is 18.1 Å². The van der Waals surface area contributed by atoms with E-state index in [0.29, 0.717) is 11.5 Å². The molecular weight excluding hydrogens is 241 g/mol. The molecule has 0 aromatic heterocycles. The molecule has 2 N–H and O–H groups in total. The van der Waals surface area contributed by atoms with Gasteiger partial charge in [0.25, 0.3) is 0 Å². The molecule has 0 heterocycles. The Morgan fingerprint density at radius 2 is 2.00 bits per heavy atom. The van der Waals surface area contributed by atoms with Gasteiger partial charge >= 0.3 is 0 Å². The van der Waals surface area contributed by atoms with Crippen molar-refractivity contribution in [3.63, 3.8) is 0 Å². The van der Waals surface area contributed by atoms with Crippen LogP contribution < -0.4 is 10.5 Å². The third-order valence-corrected chi connectivity index (χ3v) is 2.83. The van der Waals surface area contributed by atoms with E-state index in [4.69, 9.17) is 10.5 Å². The van der Waals surface area contributed by atoms with Gasteiger partial charge in [-0.15, -0.1) is 0 Å². The SMILES string of the molecule is Cc1ccc(F)cc1Oc1cccc(CC(C)N)c1. The summed E-state index contributed by atoms with van der Waals surface area (Å²) >= 11 is 0. The molecule has 3 heteroatoms. The monoisotopic (exact) mass is 259 g/mol. The number of hydrogen-bond acceptors (Lipinski definition) is 2. The van der Waals surface area contributed by atoms with E-state index in [1.165, 1.54) is 12.1 Å². The van der Waals surface area contributed by atoms with Gasteiger partial charge in [-0.05, 0) is 49.6 Å². The van der Waals surface area contributed by atoms with Crippen LogP contribution in [0.3, 0.4) is 0 Å². The van der Waals surface area contributed by atoms with Crippen molar-refractivity contribution in [1.82, 2.24) is 0 Å². The molecule has 0 bridgehead atoms. The molecule has 100 valence electrons. The van der Waals surface area contributed by atoms with Gasteiger partial charge in [-0.25, -0.2) is 4.39 Å². The summed E-state index contributed by atoms with van der Waals surface area (Å²) in [6.45, 7) is 3.85. The summed E-state index contributed by atoms with van der Waals surface area (Å²) in [4.78, 5) is 0. The van der Waals surface area contributed by atoms with Gasteiger partial charge in [-0.1, -0.05) is 18.2 Å². The molecule has 0 spiro atoms. The van der Waals surface area contributed by atoms with Crippen LogP contribution in [-0.4, -0.2) is 6.04 Å². The summed E-state index contributed by atoms with van der Waals surface area (Å²) in [5.41, 5.74) is 7.80. The fraction of sp³-hybridized carbons (Fsp3) is 0.250. The highest BCUT2D eigenvalue weighted by Gasteiger charge is 2.05. The topological polar surface area (TPSA) is 35.2 Å². The maximum Gasteiger partial charge on any atom is 0.133 e. The summed E-state index contributed by atoms with van der Waals surface area (Å²) in [5, 5.41) is 0. The van der Waals surface area contributed by atoms with Crippen LogP contribution in [0, 0.1) is 12.7 Å². The molecule has 0 saturated carbocycles. The van der Waals surface area contributed by atoms with Crippen molar-refractivity contribution >= 4 is 0 Å². The first-order valence-electron chi connectivity index (χ1n) is 6.33. The second-order valence-corrected chi connectivity index (χ2v) is 4.84. The molecule has 0 fully saturated rings. The lowest BCUT2D eigenvalue weighted by Gasteiger charge is -2.11. The molecule has 2 aromatic carbocycles. The average Bonchev–Trinajstić information content (AvgIpc) is 2.33. The lowest BCUT2D eigenvalue weighted by Crippen LogP contribution is -2.17. The Balaban J connectivity index is 2.21. The highest BCUT2D eigenvalue weighted by Crippen LogP contribution is 2.26. The third-order valence-electron chi connectivity index (χ3n) is 2.83. The van der Waals surface area contributed by atoms with E-state index in [1.54, 1.807) is 6.07 Å². The Labute approximate surface area is 113 Å². The van der Waals surface area contributed by atoms with Crippen LogP contribution in [0.25, 0.3) is 0 Å². The summed E-state index contributed by atoms with van der Waals surface area (Å²) in [7, 11) is 0. The van der Waals surface area contributed by atoms with Crippen molar-refractivity contribution in [1.29, 1.82) is 0 Å². The Kier molecular flexibility index (Phi) is 4.17. The fourth-order valence-electron chi connectivity index (χ4n) is 1.92. The fourth-order valence-corrected chi connectivity index (χ4v) is 1.92. The minimum atomic E-state index is -0.299. The van der Waals surface area contributed by atoms with E-state index >= 15 is 0 Å². The number of hydrogen-bond donors (Lipinski definition) is 1. The van der Waals surface area contributed by atoms with Gasteiger partial charge in [-0.2, -0.15) is 0 Å². The molecular formula is C16H18FNO. The lowest BCUT2D eigenvalue weighted by molar-refractivity contribution is 0.472. The van der Waals surface area contributed by atoms with Crippen LogP contribution >= 0.6 is 0 Å². The van der Waals surface area contributed by atoms with E-state index in [-0.39, 0.29) is 11.9 Å². The predicted octanol–water partition coefficient (Wildman–Crippen LogP) is 3.82. The van der Waals surface area contributed by atoms with Crippen LogP contribution in [0.4, 0.5) is 4.39 Å². The average molecular weight is 259 g/mol. The molecule has 1 atom stereocenters. The van der Waals surface area contributed by atoms with Gasteiger partial charge in [0.2, 0.25) is 0 Å². The smallest absolute Gasteiger partial charge is 0.133 e. The number of halogens is 1. The van der Waals surface area contributed by atoms with Crippen molar-refractivity contribution in [3.05, 3.63) is 59.4 Å². The summed E-state index contributed by atoms with van der Waals surface area (Å²) in [6.07, 6.45) is 0.791. The summed E-state index contributed by atoms with van der Waals surface area (Å²) < 4.78 is 18.9. The first kappa shape index (κ1) is 13.6. The second-order valence-electron chi connectivity index (χ2n) is 4.84. The van der Waals surface area contributed by atoms with Gasteiger partial charge in [-0.3, -0.25) is 0 Å². The Morgan fingerprint density at radius 3 is 2.74 bits per heavy atom. The highest BCUT2D eigenvalue weighted by molar-refractivity contribution is 5.38. The van der Waals surface area contributed by atoms with Crippen molar-refractivity contribution in [2.45, 2.75) is 26.3 Å². The number of rotatable bonds is 4. The number of ether oxygens (including phenoxy) is 1. The van der Waals surface area contributed by atoms with E-state index in [9.17, 15) is 4.39 Å². The maximum absolute atomic E-state index is 13.2. The van der Waals surface area contributed by atoms with Gasteiger partial charge in [0, 0.05) is 12.1 Å². The van der Waals surface area contributed by atoms with Gasteiger partial charge in [0.1, 0.15) is 17.3 Å². The van der Waals surface area contributed by atoms with E-state index < -0.39 is 0 Å². The van der Waals surface area contributed by atoms with E-state index in [1.807, 2.05) is 38.1 Å².